The smallest absolute Gasteiger partial charge is 0.341 e. The molecule has 4 nitrogen and oxygen atoms in total. The molecule has 0 aliphatic heterocycles. The molecule has 0 aliphatic carbocycles. The molecular formula is C17H32O4S. The molecule has 0 amide bonds. The molecule has 0 saturated heterocycles. The van der Waals surface area contributed by atoms with Crippen molar-refractivity contribution in [2.24, 2.45) is 0 Å². The van der Waals surface area contributed by atoms with E-state index >= 15 is 0 Å². The minimum Gasteiger partial charge on any atom is -0.341 e. The molecule has 0 fully saturated rings. The van der Waals surface area contributed by atoms with Crippen LogP contribution in [0.5, 0.6) is 0 Å². The number of hydrogen-bond donors (Lipinski definition) is 0. The fraction of sp³-hybridized carbons (Fsp3) is 0.824. The van der Waals surface area contributed by atoms with E-state index in [0.717, 1.165) is 19.3 Å². The van der Waals surface area contributed by atoms with Gasteiger partial charge in [0.05, 0.1) is 5.25 Å². The van der Waals surface area contributed by atoms with E-state index in [-0.39, 0.29) is 5.57 Å². The van der Waals surface area contributed by atoms with E-state index in [4.69, 9.17) is 0 Å². The maximum atomic E-state index is 11.8. The zero-order valence-electron chi connectivity index (χ0n) is 14.4. The van der Waals surface area contributed by atoms with Crippen molar-refractivity contribution in [2.45, 2.75) is 90.2 Å². The first-order chi connectivity index (χ1) is 10.3. The van der Waals surface area contributed by atoms with Crippen LogP contribution in [-0.4, -0.2) is 19.6 Å². The first-order valence-corrected chi connectivity index (χ1v) is 9.91. The highest BCUT2D eigenvalue weighted by atomic mass is 32.2. The third-order valence-corrected chi connectivity index (χ3v) is 5.35. The molecule has 0 bridgehead atoms. The lowest BCUT2D eigenvalue weighted by molar-refractivity contribution is -0.129. The number of unbranched alkanes of at least 4 members (excludes halogenated alkanes) is 8. The normalized spacial score (nSPS) is 12.9. The second kappa shape index (κ2) is 11.7. The summed E-state index contributed by atoms with van der Waals surface area (Å²) >= 11 is 0. The summed E-state index contributed by atoms with van der Waals surface area (Å²) in [6.45, 7) is 8.62. The lowest BCUT2D eigenvalue weighted by Gasteiger charge is -2.12. The fourth-order valence-corrected chi connectivity index (χ4v) is 3.12. The summed E-state index contributed by atoms with van der Waals surface area (Å²) in [6.07, 6.45) is 11.2. The van der Waals surface area contributed by atoms with E-state index in [9.17, 15) is 13.2 Å². The van der Waals surface area contributed by atoms with Crippen LogP contribution in [0.3, 0.4) is 0 Å². The zero-order chi connectivity index (χ0) is 17.0. The average molecular weight is 333 g/mol. The number of rotatable bonds is 13. The first kappa shape index (κ1) is 21.2. The van der Waals surface area contributed by atoms with E-state index in [1.54, 1.807) is 6.92 Å². The fourth-order valence-electron chi connectivity index (χ4n) is 2.15. The maximum absolute atomic E-state index is 11.8. The van der Waals surface area contributed by atoms with Gasteiger partial charge in [-0.25, -0.2) is 4.79 Å². The second-order valence-electron chi connectivity index (χ2n) is 6.07. The van der Waals surface area contributed by atoms with Gasteiger partial charge in [0.25, 0.3) is 0 Å². The Bertz CT molecular complexity index is 426. The van der Waals surface area contributed by atoms with Crippen LogP contribution >= 0.6 is 0 Å². The van der Waals surface area contributed by atoms with Crippen molar-refractivity contribution < 1.29 is 17.4 Å². The van der Waals surface area contributed by atoms with Crippen molar-refractivity contribution in [1.82, 2.24) is 0 Å². The van der Waals surface area contributed by atoms with Crippen LogP contribution in [0, 0.1) is 0 Å². The van der Waals surface area contributed by atoms with Crippen LogP contribution in [0.1, 0.15) is 85.0 Å². The molecule has 0 N–H and O–H groups in total. The van der Waals surface area contributed by atoms with Gasteiger partial charge in [-0.2, -0.15) is 8.42 Å². The van der Waals surface area contributed by atoms with Crippen molar-refractivity contribution in [1.29, 1.82) is 0 Å². The Labute approximate surface area is 136 Å². The number of carbonyl (C=O) groups excluding carboxylic acids is 1. The van der Waals surface area contributed by atoms with Gasteiger partial charge in [0.2, 0.25) is 0 Å². The Balaban J connectivity index is 3.78. The molecule has 0 rings (SSSR count). The minimum absolute atomic E-state index is 0.0962. The summed E-state index contributed by atoms with van der Waals surface area (Å²) in [4.78, 5) is 11.3. The van der Waals surface area contributed by atoms with Crippen LogP contribution in [0.2, 0.25) is 0 Å². The van der Waals surface area contributed by atoms with E-state index in [1.807, 2.05) is 0 Å². The van der Waals surface area contributed by atoms with Gasteiger partial charge in [-0.3, -0.25) is 0 Å². The van der Waals surface area contributed by atoms with Gasteiger partial charge in [0.15, 0.2) is 0 Å². The van der Waals surface area contributed by atoms with Gasteiger partial charge in [0.1, 0.15) is 0 Å². The molecular weight excluding hydrogens is 300 g/mol. The maximum Gasteiger partial charge on any atom is 0.348 e. The minimum atomic E-state index is -3.82. The molecule has 0 heterocycles. The Hall–Kier alpha value is -0.840. The highest BCUT2D eigenvalue weighted by molar-refractivity contribution is 7.87. The van der Waals surface area contributed by atoms with E-state index in [1.165, 1.54) is 45.4 Å². The molecule has 5 heteroatoms. The largest absolute Gasteiger partial charge is 0.348 e. The first-order valence-electron chi connectivity index (χ1n) is 8.44. The van der Waals surface area contributed by atoms with Crippen LogP contribution < -0.4 is 0 Å². The SMILES string of the molecule is C=C(C)C(=O)OS(=O)(=O)C(C)CCCCCCCCCCC. The molecule has 22 heavy (non-hydrogen) atoms. The lowest BCUT2D eigenvalue weighted by atomic mass is 10.1. The highest BCUT2D eigenvalue weighted by Crippen LogP contribution is 2.16. The third-order valence-electron chi connectivity index (χ3n) is 3.75. The number of carbonyl (C=O) groups is 1. The van der Waals surface area contributed by atoms with E-state index in [0.29, 0.717) is 6.42 Å². The van der Waals surface area contributed by atoms with Gasteiger partial charge >= 0.3 is 16.1 Å². The van der Waals surface area contributed by atoms with Crippen LogP contribution in [0.4, 0.5) is 0 Å². The van der Waals surface area contributed by atoms with Gasteiger partial charge in [-0.15, -0.1) is 0 Å². The lowest BCUT2D eigenvalue weighted by Crippen LogP contribution is -2.23. The van der Waals surface area contributed by atoms with Crippen molar-refractivity contribution in [3.8, 4) is 0 Å². The summed E-state index contributed by atoms with van der Waals surface area (Å²) in [6, 6.07) is 0. The Kier molecular flexibility index (Phi) is 11.2. The van der Waals surface area contributed by atoms with Gasteiger partial charge in [0, 0.05) is 5.57 Å². The molecule has 130 valence electrons. The summed E-state index contributed by atoms with van der Waals surface area (Å²) in [7, 11) is -3.82. The molecule has 0 aliphatic rings. The zero-order valence-corrected chi connectivity index (χ0v) is 15.2. The predicted octanol–water partition coefficient (Wildman–Crippen LogP) is 4.74. The van der Waals surface area contributed by atoms with Crippen LogP contribution in [0.25, 0.3) is 0 Å². The van der Waals surface area contributed by atoms with Crippen LogP contribution in [-0.2, 0) is 19.1 Å². The summed E-state index contributed by atoms with van der Waals surface area (Å²) in [5.74, 6) is -0.862. The molecule has 1 atom stereocenters. The van der Waals surface area contributed by atoms with Crippen molar-refractivity contribution in [2.75, 3.05) is 0 Å². The van der Waals surface area contributed by atoms with Crippen LogP contribution in [0.15, 0.2) is 12.2 Å². The standard InChI is InChI=1S/C17H32O4S/c1-5-6-7-8-9-10-11-12-13-14-16(4)22(19,20)21-17(18)15(2)3/h16H,2,5-14H2,1,3-4H3. The molecule has 0 aromatic carbocycles. The van der Waals surface area contributed by atoms with E-state index < -0.39 is 21.3 Å². The Morgan fingerprint density at radius 3 is 1.91 bits per heavy atom. The molecule has 0 aromatic rings. The topological polar surface area (TPSA) is 60.4 Å². The molecule has 0 saturated carbocycles. The monoisotopic (exact) mass is 332 g/mol. The number of hydrogen-bond acceptors (Lipinski definition) is 4. The molecule has 0 aromatic heterocycles. The second-order valence-corrected chi connectivity index (χ2v) is 8.03. The Morgan fingerprint density at radius 1 is 1.00 bits per heavy atom. The van der Waals surface area contributed by atoms with Crippen molar-refractivity contribution >= 4 is 16.1 Å². The Morgan fingerprint density at radius 2 is 1.45 bits per heavy atom. The van der Waals surface area contributed by atoms with Gasteiger partial charge < -0.3 is 4.18 Å². The van der Waals surface area contributed by atoms with Gasteiger partial charge in [-0.05, 0) is 20.3 Å². The summed E-state index contributed by atoms with van der Waals surface area (Å²) < 4.78 is 28.2. The van der Waals surface area contributed by atoms with Crippen molar-refractivity contribution in [3.05, 3.63) is 12.2 Å². The summed E-state index contributed by atoms with van der Waals surface area (Å²) in [5.41, 5.74) is 0.0962. The molecule has 0 spiro atoms. The van der Waals surface area contributed by atoms with Gasteiger partial charge in [-0.1, -0.05) is 71.3 Å². The highest BCUT2D eigenvalue weighted by Gasteiger charge is 2.25. The van der Waals surface area contributed by atoms with Crippen molar-refractivity contribution in [3.63, 3.8) is 0 Å². The predicted molar refractivity (Wildman–Crippen MR) is 91.1 cm³/mol. The average Bonchev–Trinajstić information content (AvgIpc) is 2.44. The molecule has 0 radical (unpaired) electrons. The summed E-state index contributed by atoms with van der Waals surface area (Å²) in [5, 5.41) is -0.652. The third kappa shape index (κ3) is 9.98. The quantitative estimate of drug-likeness (QED) is 0.277. The molecule has 1 unspecified atom stereocenters. The van der Waals surface area contributed by atoms with E-state index in [2.05, 4.69) is 17.7 Å².